The highest BCUT2D eigenvalue weighted by Crippen LogP contribution is 2.29. The third-order valence-corrected chi connectivity index (χ3v) is 4.72. The van der Waals surface area contributed by atoms with Crippen molar-refractivity contribution in [1.82, 2.24) is 14.1 Å². The summed E-state index contributed by atoms with van der Waals surface area (Å²) >= 11 is 1.33. The van der Waals surface area contributed by atoms with Gasteiger partial charge in [-0.15, -0.1) is 0 Å². The van der Waals surface area contributed by atoms with E-state index in [4.69, 9.17) is 4.74 Å². The molecular formula is C18H18N4O4S. The Bertz CT molecular complexity index is 1160. The van der Waals surface area contributed by atoms with E-state index in [1.165, 1.54) is 48.3 Å². The Kier molecular flexibility index (Phi) is 5.22. The lowest BCUT2D eigenvalue weighted by molar-refractivity contribution is -0.111. The standard InChI is InChI=1S/C18H18N4O4S/c1-4-26-12-6-7-13-14(9-12)27-17(19-13)20-15(23)8-5-11-10-21(2)18(25)22(3)16(11)24/h5-10H,4H2,1-3H3,(H,19,20,23). The third-order valence-electron chi connectivity index (χ3n) is 3.79. The number of hydrogen-bond acceptors (Lipinski definition) is 6. The van der Waals surface area contributed by atoms with Gasteiger partial charge >= 0.3 is 5.69 Å². The Hall–Kier alpha value is -3.20. The average Bonchev–Trinajstić information content (AvgIpc) is 3.03. The SMILES string of the molecule is CCOc1ccc2nc(NC(=O)C=Cc3cn(C)c(=O)n(C)c3=O)sc2c1. The van der Waals surface area contributed by atoms with Crippen LogP contribution in [0.15, 0.2) is 40.1 Å². The molecule has 0 radical (unpaired) electrons. The first-order chi connectivity index (χ1) is 12.9. The topological polar surface area (TPSA) is 95.2 Å². The van der Waals surface area contributed by atoms with Crippen molar-refractivity contribution in [3.63, 3.8) is 0 Å². The van der Waals surface area contributed by atoms with Crippen LogP contribution in [-0.2, 0) is 18.9 Å². The lowest BCUT2D eigenvalue weighted by Gasteiger charge is -2.03. The van der Waals surface area contributed by atoms with Gasteiger partial charge in [0.2, 0.25) is 5.91 Å². The van der Waals surface area contributed by atoms with Crippen LogP contribution in [-0.4, -0.2) is 26.6 Å². The van der Waals surface area contributed by atoms with Crippen LogP contribution in [0.25, 0.3) is 16.3 Å². The van der Waals surface area contributed by atoms with Crippen LogP contribution in [0.5, 0.6) is 5.75 Å². The summed E-state index contributed by atoms with van der Waals surface area (Å²) in [5.41, 5.74) is 0.100. The van der Waals surface area contributed by atoms with E-state index in [0.717, 1.165) is 20.5 Å². The summed E-state index contributed by atoms with van der Waals surface area (Å²) in [5.74, 6) is 0.326. The number of hydrogen-bond donors (Lipinski definition) is 1. The van der Waals surface area contributed by atoms with E-state index in [1.807, 2.05) is 25.1 Å². The number of ether oxygens (including phenoxy) is 1. The van der Waals surface area contributed by atoms with E-state index in [1.54, 1.807) is 0 Å². The van der Waals surface area contributed by atoms with Crippen molar-refractivity contribution in [3.8, 4) is 5.75 Å². The van der Waals surface area contributed by atoms with Crippen molar-refractivity contribution < 1.29 is 9.53 Å². The summed E-state index contributed by atoms with van der Waals surface area (Å²) in [7, 11) is 2.93. The highest BCUT2D eigenvalue weighted by atomic mass is 32.1. The summed E-state index contributed by atoms with van der Waals surface area (Å²) < 4.78 is 8.62. The van der Waals surface area contributed by atoms with Gasteiger partial charge in [-0.05, 0) is 31.2 Å². The van der Waals surface area contributed by atoms with Gasteiger partial charge in [0.25, 0.3) is 5.56 Å². The molecule has 0 fully saturated rings. The first kappa shape index (κ1) is 18.6. The Morgan fingerprint density at radius 1 is 1.33 bits per heavy atom. The highest BCUT2D eigenvalue weighted by Gasteiger charge is 2.08. The number of fused-ring (bicyclic) bond motifs is 1. The summed E-state index contributed by atoms with van der Waals surface area (Å²) in [5, 5.41) is 3.12. The summed E-state index contributed by atoms with van der Waals surface area (Å²) in [4.78, 5) is 40.2. The number of benzene rings is 1. The van der Waals surface area contributed by atoms with Crippen molar-refractivity contribution in [3.05, 3.63) is 56.9 Å². The van der Waals surface area contributed by atoms with Gasteiger partial charge in [0.1, 0.15) is 5.75 Å². The molecule has 2 heterocycles. The lowest BCUT2D eigenvalue weighted by Crippen LogP contribution is -2.37. The maximum absolute atomic E-state index is 12.1. The molecule has 0 aliphatic carbocycles. The smallest absolute Gasteiger partial charge is 0.330 e. The van der Waals surface area contributed by atoms with Gasteiger partial charge < -0.3 is 9.30 Å². The molecule has 3 rings (SSSR count). The Morgan fingerprint density at radius 2 is 2.11 bits per heavy atom. The number of nitrogens with zero attached hydrogens (tertiary/aromatic N) is 3. The van der Waals surface area contributed by atoms with E-state index in [-0.39, 0.29) is 5.56 Å². The van der Waals surface area contributed by atoms with E-state index in [9.17, 15) is 14.4 Å². The molecule has 2 aromatic heterocycles. The Labute approximate surface area is 158 Å². The second-order valence-corrected chi connectivity index (χ2v) is 6.78. The molecule has 27 heavy (non-hydrogen) atoms. The molecule has 140 valence electrons. The van der Waals surface area contributed by atoms with Crippen molar-refractivity contribution >= 4 is 38.7 Å². The molecule has 0 aliphatic heterocycles. The summed E-state index contributed by atoms with van der Waals surface area (Å²) in [6.07, 6.45) is 4.00. The number of aryl methyl sites for hydroxylation is 1. The minimum atomic E-state index is -0.467. The summed E-state index contributed by atoms with van der Waals surface area (Å²) in [6, 6.07) is 5.53. The van der Waals surface area contributed by atoms with Crippen LogP contribution < -0.4 is 21.3 Å². The maximum atomic E-state index is 12.1. The predicted molar refractivity (Wildman–Crippen MR) is 105 cm³/mol. The van der Waals surface area contributed by atoms with Gasteiger partial charge in [-0.3, -0.25) is 19.5 Å². The zero-order valence-electron chi connectivity index (χ0n) is 15.1. The highest BCUT2D eigenvalue weighted by molar-refractivity contribution is 7.22. The molecule has 0 unspecified atom stereocenters. The Balaban J connectivity index is 1.78. The van der Waals surface area contributed by atoms with Gasteiger partial charge in [0.05, 0.1) is 22.4 Å². The van der Waals surface area contributed by atoms with E-state index in [2.05, 4.69) is 10.3 Å². The maximum Gasteiger partial charge on any atom is 0.330 e. The predicted octanol–water partition coefficient (Wildman–Crippen LogP) is 1.74. The molecule has 0 aliphatic rings. The molecule has 0 saturated heterocycles. The molecule has 1 aromatic carbocycles. The molecule has 1 amide bonds. The van der Waals surface area contributed by atoms with Crippen LogP contribution in [0.4, 0.5) is 5.13 Å². The number of amides is 1. The Morgan fingerprint density at radius 3 is 2.85 bits per heavy atom. The molecule has 0 saturated carbocycles. The number of thiazole rings is 1. The van der Waals surface area contributed by atoms with Crippen LogP contribution in [0.1, 0.15) is 12.5 Å². The molecular weight excluding hydrogens is 368 g/mol. The van der Waals surface area contributed by atoms with Crippen molar-refractivity contribution in [1.29, 1.82) is 0 Å². The second-order valence-electron chi connectivity index (χ2n) is 5.75. The van der Waals surface area contributed by atoms with Crippen LogP contribution >= 0.6 is 11.3 Å². The van der Waals surface area contributed by atoms with Crippen LogP contribution in [0.2, 0.25) is 0 Å². The van der Waals surface area contributed by atoms with Gasteiger partial charge in [-0.1, -0.05) is 11.3 Å². The fourth-order valence-corrected chi connectivity index (χ4v) is 3.38. The average molecular weight is 386 g/mol. The minimum absolute atomic E-state index is 0.236. The minimum Gasteiger partial charge on any atom is -0.494 e. The second kappa shape index (κ2) is 7.58. The number of aromatic nitrogens is 3. The molecule has 0 bridgehead atoms. The zero-order chi connectivity index (χ0) is 19.6. The van der Waals surface area contributed by atoms with Crippen molar-refractivity contribution in [2.45, 2.75) is 6.92 Å². The van der Waals surface area contributed by atoms with Gasteiger partial charge in [-0.2, -0.15) is 0 Å². The number of carbonyl (C=O) groups excluding carboxylic acids is 1. The monoisotopic (exact) mass is 386 g/mol. The summed E-state index contributed by atoms with van der Waals surface area (Å²) in [6.45, 7) is 2.48. The lowest BCUT2D eigenvalue weighted by atomic mass is 10.3. The van der Waals surface area contributed by atoms with E-state index >= 15 is 0 Å². The van der Waals surface area contributed by atoms with Crippen LogP contribution in [0, 0.1) is 0 Å². The first-order valence-corrected chi connectivity index (χ1v) is 9.00. The number of nitrogens with one attached hydrogen (secondary N) is 1. The van der Waals surface area contributed by atoms with Gasteiger partial charge in [0.15, 0.2) is 5.13 Å². The van der Waals surface area contributed by atoms with E-state index in [0.29, 0.717) is 11.7 Å². The molecule has 8 nitrogen and oxygen atoms in total. The number of carbonyl (C=O) groups is 1. The molecule has 3 aromatic rings. The number of anilines is 1. The van der Waals surface area contributed by atoms with E-state index < -0.39 is 17.2 Å². The fraction of sp³-hybridized carbons (Fsp3) is 0.222. The normalized spacial score (nSPS) is 11.2. The molecule has 9 heteroatoms. The zero-order valence-corrected chi connectivity index (χ0v) is 15.9. The van der Waals surface area contributed by atoms with Crippen molar-refractivity contribution in [2.75, 3.05) is 11.9 Å². The largest absolute Gasteiger partial charge is 0.494 e. The van der Waals surface area contributed by atoms with Gasteiger partial charge in [-0.25, -0.2) is 9.78 Å². The first-order valence-electron chi connectivity index (χ1n) is 8.18. The molecule has 1 N–H and O–H groups in total. The van der Waals surface area contributed by atoms with Crippen LogP contribution in [0.3, 0.4) is 0 Å². The quantitative estimate of drug-likeness (QED) is 0.674. The van der Waals surface area contributed by atoms with Crippen molar-refractivity contribution in [2.24, 2.45) is 14.1 Å². The number of rotatable bonds is 5. The molecule has 0 atom stereocenters. The fourth-order valence-electron chi connectivity index (χ4n) is 2.48. The van der Waals surface area contributed by atoms with Gasteiger partial charge in [0, 0.05) is 26.4 Å². The molecule has 0 spiro atoms. The third kappa shape index (κ3) is 3.98.